The Bertz CT molecular complexity index is 907. The Morgan fingerprint density at radius 1 is 1.04 bits per heavy atom. The molecular weight excluding hydrogens is 350 g/mol. The van der Waals surface area contributed by atoms with Gasteiger partial charge in [0.15, 0.2) is 0 Å². The number of carbonyl (C=O) groups excluding carboxylic acids is 2. The van der Waals surface area contributed by atoms with Crippen LogP contribution < -0.4 is 0 Å². The lowest BCUT2D eigenvalue weighted by molar-refractivity contribution is -0.312. The molecule has 2 aromatic rings. The predicted molar refractivity (Wildman–Crippen MR) is 83.7 cm³/mol. The van der Waals surface area contributed by atoms with Gasteiger partial charge in [-0.25, -0.2) is 9.00 Å². The molecular formula is C16H11NO7S. The Kier molecular flexibility index (Phi) is 4.45. The van der Waals surface area contributed by atoms with Crippen molar-refractivity contribution in [1.82, 2.24) is 5.06 Å². The number of rotatable bonds is 5. The molecule has 9 heteroatoms. The number of carboxylic acids is 1. The quantitative estimate of drug-likeness (QED) is 0.492. The Morgan fingerprint density at radius 2 is 1.68 bits per heavy atom. The van der Waals surface area contributed by atoms with Crippen LogP contribution in [0, 0.1) is 6.92 Å². The van der Waals surface area contributed by atoms with Gasteiger partial charge in [0, 0.05) is 0 Å². The normalized spacial score (nSPS) is 14.5. The molecule has 0 bridgehead atoms. The van der Waals surface area contributed by atoms with E-state index in [4.69, 9.17) is 5.11 Å². The second-order valence-electron chi connectivity index (χ2n) is 5.16. The van der Waals surface area contributed by atoms with Gasteiger partial charge in [0.2, 0.25) is 11.1 Å². The first kappa shape index (κ1) is 17.0. The van der Waals surface area contributed by atoms with Gasteiger partial charge in [-0.3, -0.25) is 9.59 Å². The van der Waals surface area contributed by atoms with E-state index < -0.39 is 28.9 Å². The van der Waals surface area contributed by atoms with E-state index in [2.05, 4.69) is 9.32 Å². The number of amides is 2. The minimum absolute atomic E-state index is 0.0280. The summed E-state index contributed by atoms with van der Waals surface area (Å²) < 4.78 is 16.6. The number of fused-ring (bicyclic) bond motifs is 1. The van der Waals surface area contributed by atoms with Crippen LogP contribution in [-0.4, -0.2) is 32.2 Å². The maximum atomic E-state index is 12.2. The molecule has 0 radical (unpaired) electrons. The fraction of sp³-hybridized carbons (Fsp3) is 0.0625. The summed E-state index contributed by atoms with van der Waals surface area (Å²) in [5.74, 6) is -2.97. The zero-order valence-corrected chi connectivity index (χ0v) is 13.6. The van der Waals surface area contributed by atoms with E-state index in [1.165, 1.54) is 12.1 Å². The molecule has 0 saturated heterocycles. The predicted octanol–water partition coefficient (Wildman–Crippen LogP) is 1.88. The molecule has 0 spiro atoms. The van der Waals surface area contributed by atoms with Gasteiger partial charge in [-0.15, -0.1) is 9.40 Å². The maximum Gasteiger partial charge on any atom is 0.335 e. The van der Waals surface area contributed by atoms with Gasteiger partial charge < -0.3 is 5.11 Å². The lowest BCUT2D eigenvalue weighted by atomic mass is 10.1. The molecule has 0 saturated carbocycles. The third-order valence-electron chi connectivity index (χ3n) is 3.48. The SMILES string of the molecule is Cc1ccc(S(=O)OON2C(=O)c3ccc(C(=O)O)cc3C2=O)cc1. The summed E-state index contributed by atoms with van der Waals surface area (Å²) in [6.07, 6.45) is 0. The van der Waals surface area contributed by atoms with Crippen molar-refractivity contribution in [2.24, 2.45) is 0 Å². The zero-order valence-electron chi connectivity index (χ0n) is 12.8. The first-order valence-corrected chi connectivity index (χ1v) is 8.05. The van der Waals surface area contributed by atoms with Gasteiger partial charge in [0.1, 0.15) is 0 Å². The Balaban J connectivity index is 1.74. The third kappa shape index (κ3) is 3.20. The van der Waals surface area contributed by atoms with Crippen LogP contribution in [0.5, 0.6) is 0 Å². The van der Waals surface area contributed by atoms with E-state index in [1.54, 1.807) is 24.3 Å². The first-order valence-electron chi connectivity index (χ1n) is 6.98. The molecule has 0 fully saturated rings. The van der Waals surface area contributed by atoms with Gasteiger partial charge in [0.25, 0.3) is 11.8 Å². The van der Waals surface area contributed by atoms with Crippen LogP contribution in [0.25, 0.3) is 0 Å². The van der Waals surface area contributed by atoms with Crippen LogP contribution in [0.2, 0.25) is 0 Å². The number of imide groups is 1. The minimum atomic E-state index is -2.06. The average molecular weight is 361 g/mol. The maximum absolute atomic E-state index is 12.2. The van der Waals surface area contributed by atoms with E-state index in [-0.39, 0.29) is 21.6 Å². The highest BCUT2D eigenvalue weighted by Crippen LogP contribution is 2.25. The van der Waals surface area contributed by atoms with Gasteiger partial charge in [-0.2, -0.15) is 0 Å². The molecule has 8 nitrogen and oxygen atoms in total. The van der Waals surface area contributed by atoms with Crippen LogP contribution >= 0.6 is 0 Å². The number of carbonyl (C=O) groups is 3. The minimum Gasteiger partial charge on any atom is -0.478 e. The van der Waals surface area contributed by atoms with Crippen LogP contribution in [0.15, 0.2) is 47.4 Å². The highest BCUT2D eigenvalue weighted by Gasteiger charge is 2.38. The van der Waals surface area contributed by atoms with Crippen molar-refractivity contribution in [2.45, 2.75) is 11.8 Å². The van der Waals surface area contributed by atoms with Crippen molar-refractivity contribution in [2.75, 3.05) is 0 Å². The molecule has 1 unspecified atom stereocenters. The lowest BCUT2D eigenvalue weighted by Crippen LogP contribution is -2.30. The summed E-state index contributed by atoms with van der Waals surface area (Å²) in [4.78, 5) is 40.2. The summed E-state index contributed by atoms with van der Waals surface area (Å²) >= 11 is -2.06. The highest BCUT2D eigenvalue weighted by molar-refractivity contribution is 7.80. The van der Waals surface area contributed by atoms with E-state index in [1.807, 2.05) is 6.92 Å². The summed E-state index contributed by atoms with van der Waals surface area (Å²) in [6.45, 7) is 1.86. The van der Waals surface area contributed by atoms with Gasteiger partial charge >= 0.3 is 5.97 Å². The van der Waals surface area contributed by atoms with Crippen LogP contribution in [0.1, 0.15) is 36.6 Å². The summed E-state index contributed by atoms with van der Waals surface area (Å²) in [5, 5.41) is 9.24. The second-order valence-corrected chi connectivity index (χ2v) is 6.24. The second kappa shape index (κ2) is 6.55. The van der Waals surface area contributed by atoms with E-state index >= 15 is 0 Å². The van der Waals surface area contributed by atoms with Gasteiger partial charge in [0.05, 0.1) is 21.6 Å². The largest absolute Gasteiger partial charge is 0.478 e. The Hall–Kier alpha value is -2.88. The van der Waals surface area contributed by atoms with Crippen molar-refractivity contribution in [1.29, 1.82) is 0 Å². The average Bonchev–Trinajstić information content (AvgIpc) is 2.84. The number of aromatic carboxylic acids is 1. The van der Waals surface area contributed by atoms with Gasteiger partial charge in [-0.1, -0.05) is 22.7 Å². The zero-order chi connectivity index (χ0) is 18.1. The number of aryl methyl sites for hydroxylation is 1. The number of nitrogens with zero attached hydrogens (tertiary/aromatic N) is 1. The fourth-order valence-corrected chi connectivity index (χ4v) is 2.72. The van der Waals surface area contributed by atoms with Crippen molar-refractivity contribution < 1.29 is 33.0 Å². The molecule has 25 heavy (non-hydrogen) atoms. The summed E-state index contributed by atoms with van der Waals surface area (Å²) in [6, 6.07) is 10.0. The van der Waals surface area contributed by atoms with Crippen LogP contribution in [0.3, 0.4) is 0 Å². The van der Waals surface area contributed by atoms with Crippen molar-refractivity contribution in [3.05, 3.63) is 64.7 Å². The standard InChI is InChI=1S/C16H11NO7S/c1-9-2-5-11(6-3-9)25(22)24-23-17-14(18)12-7-4-10(16(20)21)8-13(12)15(17)19/h2-8H,1H3,(H,20,21). The molecule has 0 aromatic heterocycles. The fourth-order valence-electron chi connectivity index (χ4n) is 2.17. The Morgan fingerprint density at radius 3 is 2.32 bits per heavy atom. The Labute approximate surface area is 144 Å². The molecule has 128 valence electrons. The van der Waals surface area contributed by atoms with Crippen LogP contribution in [0.4, 0.5) is 0 Å². The molecule has 3 rings (SSSR count). The number of hydrogen-bond acceptors (Lipinski definition) is 6. The molecule has 1 heterocycles. The van der Waals surface area contributed by atoms with Crippen molar-refractivity contribution >= 4 is 28.9 Å². The summed E-state index contributed by atoms with van der Waals surface area (Å²) in [5.41, 5.74) is 0.650. The monoisotopic (exact) mass is 361 g/mol. The smallest absolute Gasteiger partial charge is 0.335 e. The highest BCUT2D eigenvalue weighted by atomic mass is 32.2. The van der Waals surface area contributed by atoms with Crippen LogP contribution in [-0.2, 0) is 20.4 Å². The van der Waals surface area contributed by atoms with E-state index in [9.17, 15) is 18.6 Å². The van der Waals surface area contributed by atoms with Crippen molar-refractivity contribution in [3.63, 3.8) is 0 Å². The number of carboxylic acid groups (broad SMARTS) is 1. The molecule has 1 N–H and O–H groups in total. The molecule has 2 amide bonds. The number of hydroxylamine groups is 2. The summed E-state index contributed by atoms with van der Waals surface area (Å²) in [7, 11) is 0. The molecule has 1 aliphatic heterocycles. The topological polar surface area (TPSA) is 110 Å². The van der Waals surface area contributed by atoms with E-state index in [0.717, 1.165) is 11.6 Å². The third-order valence-corrected chi connectivity index (χ3v) is 4.32. The van der Waals surface area contributed by atoms with Gasteiger partial charge in [-0.05, 0) is 37.3 Å². The molecule has 2 aromatic carbocycles. The van der Waals surface area contributed by atoms with E-state index in [0.29, 0.717) is 5.06 Å². The molecule has 1 atom stereocenters. The molecule has 1 aliphatic rings. The first-order chi connectivity index (χ1) is 11.9. The number of benzene rings is 2. The lowest BCUT2D eigenvalue weighted by Gasteiger charge is -2.10. The van der Waals surface area contributed by atoms with Crippen molar-refractivity contribution in [3.8, 4) is 0 Å². The molecule has 0 aliphatic carbocycles. The number of hydrogen-bond donors (Lipinski definition) is 1.